The van der Waals surface area contributed by atoms with Gasteiger partial charge < -0.3 is 9.26 Å². The summed E-state index contributed by atoms with van der Waals surface area (Å²) in [7, 11) is 0. The van der Waals surface area contributed by atoms with Crippen molar-refractivity contribution in [1.29, 1.82) is 0 Å². The number of nitrogens with zero attached hydrogens (tertiary/aromatic N) is 3. The van der Waals surface area contributed by atoms with Gasteiger partial charge in [0.05, 0.1) is 10.7 Å². The summed E-state index contributed by atoms with van der Waals surface area (Å²) in [5, 5.41) is 4.70. The van der Waals surface area contributed by atoms with E-state index in [2.05, 4.69) is 15.1 Å². The molecule has 0 fully saturated rings. The van der Waals surface area contributed by atoms with E-state index in [1.165, 1.54) is 11.3 Å². The van der Waals surface area contributed by atoms with Crippen LogP contribution in [0.3, 0.4) is 0 Å². The molecule has 3 aromatic rings. The number of aromatic nitrogens is 3. The number of esters is 1. The van der Waals surface area contributed by atoms with Gasteiger partial charge in [-0.3, -0.25) is 0 Å². The molecule has 6 nitrogen and oxygen atoms in total. The lowest BCUT2D eigenvalue weighted by Crippen LogP contribution is -2.05. The molecule has 0 atom stereocenters. The molecule has 0 radical (unpaired) electrons. The largest absolute Gasteiger partial charge is 0.451 e. The van der Waals surface area contributed by atoms with Crippen molar-refractivity contribution in [2.45, 2.75) is 20.5 Å². The highest BCUT2D eigenvalue weighted by Gasteiger charge is 2.17. The summed E-state index contributed by atoms with van der Waals surface area (Å²) in [6.45, 7) is 3.56. The number of ether oxygens (including phenoxy) is 1. The fraction of sp³-hybridized carbons (Fsp3) is 0.200. The molecular formula is C15H13N3O3S. The zero-order chi connectivity index (χ0) is 15.5. The van der Waals surface area contributed by atoms with Crippen molar-refractivity contribution < 1.29 is 14.1 Å². The van der Waals surface area contributed by atoms with Crippen LogP contribution in [0.5, 0.6) is 0 Å². The Morgan fingerprint density at radius 2 is 2.00 bits per heavy atom. The lowest BCUT2D eigenvalue weighted by atomic mass is 10.2. The molecule has 0 saturated carbocycles. The van der Waals surface area contributed by atoms with Gasteiger partial charge in [-0.15, -0.1) is 11.3 Å². The summed E-state index contributed by atoms with van der Waals surface area (Å²) < 4.78 is 10.3. The van der Waals surface area contributed by atoms with Crippen molar-refractivity contribution >= 4 is 17.3 Å². The SMILES string of the molecule is Cc1nc(C)c(C(=O)OCc2nc(-c3ccccc3)no2)s1. The predicted molar refractivity (Wildman–Crippen MR) is 80.4 cm³/mol. The fourth-order valence-corrected chi connectivity index (χ4v) is 2.75. The van der Waals surface area contributed by atoms with E-state index in [4.69, 9.17) is 9.26 Å². The van der Waals surface area contributed by atoms with Gasteiger partial charge >= 0.3 is 5.97 Å². The van der Waals surface area contributed by atoms with Gasteiger partial charge in [-0.05, 0) is 13.8 Å². The Bertz CT molecular complexity index is 795. The minimum atomic E-state index is -0.428. The molecule has 7 heteroatoms. The summed E-state index contributed by atoms with van der Waals surface area (Å²) in [6, 6.07) is 9.44. The van der Waals surface area contributed by atoms with Crippen LogP contribution in [0.1, 0.15) is 26.3 Å². The van der Waals surface area contributed by atoms with Crippen LogP contribution in [-0.4, -0.2) is 21.1 Å². The topological polar surface area (TPSA) is 78.1 Å². The van der Waals surface area contributed by atoms with Crippen LogP contribution in [0.2, 0.25) is 0 Å². The normalized spacial score (nSPS) is 10.6. The second-order valence-corrected chi connectivity index (χ2v) is 5.80. The van der Waals surface area contributed by atoms with Crippen LogP contribution in [0.15, 0.2) is 34.9 Å². The lowest BCUT2D eigenvalue weighted by molar-refractivity contribution is 0.0434. The predicted octanol–water partition coefficient (Wildman–Crippen LogP) is 3.17. The van der Waals surface area contributed by atoms with Gasteiger partial charge in [0.15, 0.2) is 6.61 Å². The summed E-state index contributed by atoms with van der Waals surface area (Å²) in [5.41, 5.74) is 1.51. The van der Waals surface area contributed by atoms with Crippen molar-refractivity contribution in [3.8, 4) is 11.4 Å². The van der Waals surface area contributed by atoms with Gasteiger partial charge in [0, 0.05) is 5.56 Å². The lowest BCUT2D eigenvalue weighted by Gasteiger charge is -1.99. The molecule has 0 aliphatic rings. The molecule has 0 N–H and O–H groups in total. The number of hydrogen-bond acceptors (Lipinski definition) is 7. The van der Waals surface area contributed by atoms with E-state index in [-0.39, 0.29) is 12.5 Å². The number of carbonyl (C=O) groups excluding carboxylic acids is 1. The number of benzene rings is 1. The summed E-state index contributed by atoms with van der Waals surface area (Å²) >= 11 is 1.31. The monoisotopic (exact) mass is 315 g/mol. The smallest absolute Gasteiger partial charge is 0.350 e. The molecule has 0 aliphatic heterocycles. The van der Waals surface area contributed by atoms with Crippen molar-refractivity contribution in [1.82, 2.24) is 15.1 Å². The Kier molecular flexibility index (Phi) is 3.97. The van der Waals surface area contributed by atoms with E-state index in [0.29, 0.717) is 16.4 Å². The van der Waals surface area contributed by atoms with Crippen molar-refractivity contribution in [3.63, 3.8) is 0 Å². The zero-order valence-electron chi connectivity index (χ0n) is 12.1. The molecule has 0 saturated heterocycles. The maximum atomic E-state index is 12.0. The average molecular weight is 315 g/mol. The molecule has 0 bridgehead atoms. The summed E-state index contributed by atoms with van der Waals surface area (Å²) in [6.07, 6.45) is 0. The highest BCUT2D eigenvalue weighted by molar-refractivity contribution is 7.13. The highest BCUT2D eigenvalue weighted by Crippen LogP contribution is 2.19. The van der Waals surface area contributed by atoms with Crippen LogP contribution in [-0.2, 0) is 11.3 Å². The first-order valence-corrected chi connectivity index (χ1v) is 7.44. The molecule has 22 heavy (non-hydrogen) atoms. The number of rotatable bonds is 4. The van der Waals surface area contributed by atoms with E-state index in [9.17, 15) is 4.79 Å². The first-order valence-electron chi connectivity index (χ1n) is 6.62. The third kappa shape index (κ3) is 3.04. The van der Waals surface area contributed by atoms with Crippen LogP contribution in [0.4, 0.5) is 0 Å². The number of thiazole rings is 1. The van der Waals surface area contributed by atoms with Crippen molar-refractivity contribution in [2.75, 3.05) is 0 Å². The number of hydrogen-bond donors (Lipinski definition) is 0. The van der Waals surface area contributed by atoms with E-state index in [0.717, 1.165) is 10.6 Å². The molecule has 112 valence electrons. The number of carbonyl (C=O) groups is 1. The van der Waals surface area contributed by atoms with Gasteiger partial charge in [0.1, 0.15) is 4.88 Å². The second kappa shape index (κ2) is 6.07. The molecule has 0 unspecified atom stereocenters. The van der Waals surface area contributed by atoms with E-state index in [1.54, 1.807) is 6.92 Å². The van der Waals surface area contributed by atoms with Gasteiger partial charge in [-0.25, -0.2) is 9.78 Å². The maximum absolute atomic E-state index is 12.0. The molecule has 0 aliphatic carbocycles. The van der Waals surface area contributed by atoms with E-state index in [1.807, 2.05) is 37.3 Å². The van der Waals surface area contributed by atoms with E-state index < -0.39 is 5.97 Å². The Morgan fingerprint density at radius 1 is 1.23 bits per heavy atom. The molecule has 3 rings (SSSR count). The molecular weight excluding hydrogens is 302 g/mol. The van der Waals surface area contributed by atoms with Crippen LogP contribution < -0.4 is 0 Å². The second-order valence-electron chi connectivity index (χ2n) is 4.60. The van der Waals surface area contributed by atoms with Crippen LogP contribution >= 0.6 is 11.3 Å². The van der Waals surface area contributed by atoms with Gasteiger partial charge in [-0.2, -0.15) is 4.98 Å². The molecule has 0 spiro atoms. The van der Waals surface area contributed by atoms with Gasteiger partial charge in [0.25, 0.3) is 5.89 Å². The van der Waals surface area contributed by atoms with Crippen LogP contribution in [0.25, 0.3) is 11.4 Å². The third-order valence-electron chi connectivity index (χ3n) is 2.92. The number of aryl methyl sites for hydroxylation is 2. The minimum absolute atomic E-state index is 0.0605. The summed E-state index contributed by atoms with van der Waals surface area (Å²) in [4.78, 5) is 20.9. The minimum Gasteiger partial charge on any atom is -0.451 e. The van der Waals surface area contributed by atoms with Gasteiger partial charge in [-0.1, -0.05) is 35.5 Å². The zero-order valence-corrected chi connectivity index (χ0v) is 12.9. The average Bonchev–Trinajstić information content (AvgIpc) is 3.12. The maximum Gasteiger partial charge on any atom is 0.350 e. The Hall–Kier alpha value is -2.54. The Balaban J connectivity index is 1.66. The third-order valence-corrected chi connectivity index (χ3v) is 3.97. The quantitative estimate of drug-likeness (QED) is 0.688. The molecule has 2 heterocycles. The van der Waals surface area contributed by atoms with Crippen molar-refractivity contribution in [3.05, 3.63) is 51.8 Å². The molecule has 1 aromatic carbocycles. The van der Waals surface area contributed by atoms with Gasteiger partial charge in [0.2, 0.25) is 5.82 Å². The van der Waals surface area contributed by atoms with Crippen LogP contribution in [0, 0.1) is 13.8 Å². The first-order chi connectivity index (χ1) is 10.6. The Labute approximate surface area is 130 Å². The molecule has 0 amide bonds. The Morgan fingerprint density at radius 3 is 2.68 bits per heavy atom. The first kappa shape index (κ1) is 14.4. The summed E-state index contributed by atoms with van der Waals surface area (Å²) in [5.74, 6) is 0.296. The van der Waals surface area contributed by atoms with Crippen molar-refractivity contribution in [2.24, 2.45) is 0 Å². The fourth-order valence-electron chi connectivity index (χ4n) is 1.93. The highest BCUT2D eigenvalue weighted by atomic mass is 32.1. The van der Waals surface area contributed by atoms with E-state index >= 15 is 0 Å². The standard InChI is InChI=1S/C15H13N3O3S/c1-9-13(22-10(2)16-9)15(19)20-8-12-17-14(18-21-12)11-6-4-3-5-7-11/h3-7H,8H2,1-2H3. The molecule has 2 aromatic heterocycles.